The van der Waals surface area contributed by atoms with Crippen LogP contribution in [-0.4, -0.2) is 0 Å². The van der Waals surface area contributed by atoms with Gasteiger partial charge in [0.1, 0.15) is 0 Å². The van der Waals surface area contributed by atoms with Crippen molar-refractivity contribution < 1.29 is 0 Å². The van der Waals surface area contributed by atoms with Crippen molar-refractivity contribution in [3.8, 4) is 0 Å². The maximum Gasteiger partial charge on any atom is 0.0647 e. The quantitative estimate of drug-likeness (QED) is 0.786. The van der Waals surface area contributed by atoms with E-state index in [1.807, 2.05) is 43.3 Å². The lowest BCUT2D eigenvalue weighted by Crippen LogP contribution is -1.98. The van der Waals surface area contributed by atoms with Gasteiger partial charge in [-0.05, 0) is 52.7 Å². The highest BCUT2D eigenvalue weighted by Crippen LogP contribution is 2.30. The van der Waals surface area contributed by atoms with E-state index >= 15 is 0 Å². The highest BCUT2D eigenvalue weighted by atomic mass is 79.9. The standard InChI is InChI=1S/C13H12BrClN2/c1-8-3-2-4-12(16)13(8)17-9-5-6-11(15)10(14)7-9/h2-7,17H,16H2,1H3. The molecule has 0 fully saturated rings. The topological polar surface area (TPSA) is 38.0 Å². The fourth-order valence-corrected chi connectivity index (χ4v) is 2.08. The lowest BCUT2D eigenvalue weighted by Gasteiger charge is -2.12. The van der Waals surface area contributed by atoms with Crippen molar-refractivity contribution in [2.24, 2.45) is 0 Å². The molecule has 0 atom stereocenters. The van der Waals surface area contributed by atoms with Crippen molar-refractivity contribution in [1.82, 2.24) is 0 Å². The minimum atomic E-state index is 0.688. The molecule has 0 aromatic heterocycles. The van der Waals surface area contributed by atoms with Gasteiger partial charge in [-0.15, -0.1) is 0 Å². The Hall–Kier alpha value is -1.19. The van der Waals surface area contributed by atoms with Gasteiger partial charge in [-0.25, -0.2) is 0 Å². The summed E-state index contributed by atoms with van der Waals surface area (Å²) in [6.45, 7) is 2.02. The van der Waals surface area contributed by atoms with Crippen LogP contribution in [0.1, 0.15) is 5.56 Å². The number of aryl methyl sites for hydroxylation is 1. The van der Waals surface area contributed by atoms with Crippen LogP contribution in [0.5, 0.6) is 0 Å². The van der Waals surface area contributed by atoms with Crippen LogP contribution < -0.4 is 11.1 Å². The molecule has 2 rings (SSSR count). The molecule has 2 aromatic rings. The van der Waals surface area contributed by atoms with Gasteiger partial charge < -0.3 is 11.1 Å². The van der Waals surface area contributed by atoms with E-state index in [0.717, 1.165) is 27.1 Å². The van der Waals surface area contributed by atoms with E-state index in [0.29, 0.717) is 5.02 Å². The second kappa shape index (κ2) is 4.98. The number of nitrogen functional groups attached to an aromatic ring is 1. The summed E-state index contributed by atoms with van der Waals surface area (Å²) >= 11 is 9.34. The highest BCUT2D eigenvalue weighted by Gasteiger charge is 2.04. The molecule has 3 N–H and O–H groups in total. The number of nitrogens with one attached hydrogen (secondary N) is 1. The van der Waals surface area contributed by atoms with Gasteiger partial charge in [0.2, 0.25) is 0 Å². The predicted molar refractivity (Wildman–Crippen MR) is 78.0 cm³/mol. The average Bonchev–Trinajstić information content (AvgIpc) is 2.28. The van der Waals surface area contributed by atoms with E-state index < -0.39 is 0 Å². The minimum absolute atomic E-state index is 0.688. The van der Waals surface area contributed by atoms with E-state index in [1.54, 1.807) is 0 Å². The Morgan fingerprint density at radius 1 is 1.24 bits per heavy atom. The molecule has 0 aliphatic heterocycles. The smallest absolute Gasteiger partial charge is 0.0647 e. The van der Waals surface area contributed by atoms with Crippen LogP contribution in [0.2, 0.25) is 5.02 Å². The Labute approximate surface area is 114 Å². The maximum absolute atomic E-state index is 5.95. The second-order valence-electron chi connectivity index (χ2n) is 3.79. The summed E-state index contributed by atoms with van der Waals surface area (Å²) in [6, 6.07) is 11.5. The van der Waals surface area contributed by atoms with E-state index in [4.69, 9.17) is 17.3 Å². The van der Waals surface area contributed by atoms with Crippen molar-refractivity contribution in [1.29, 1.82) is 0 Å². The predicted octanol–water partition coefficient (Wildman–Crippen LogP) is 4.74. The maximum atomic E-state index is 5.95. The first-order valence-electron chi connectivity index (χ1n) is 5.15. The average molecular weight is 312 g/mol. The van der Waals surface area contributed by atoms with Crippen LogP contribution >= 0.6 is 27.5 Å². The van der Waals surface area contributed by atoms with Gasteiger partial charge in [0.15, 0.2) is 0 Å². The molecule has 17 heavy (non-hydrogen) atoms. The zero-order valence-electron chi connectivity index (χ0n) is 9.30. The molecular weight excluding hydrogens is 300 g/mol. The Morgan fingerprint density at radius 2 is 2.00 bits per heavy atom. The molecule has 0 aliphatic carbocycles. The van der Waals surface area contributed by atoms with Gasteiger partial charge >= 0.3 is 0 Å². The van der Waals surface area contributed by atoms with Crippen LogP contribution in [0.3, 0.4) is 0 Å². The molecule has 88 valence electrons. The summed E-state index contributed by atoms with van der Waals surface area (Å²) in [5, 5.41) is 3.98. The normalized spacial score (nSPS) is 10.3. The number of para-hydroxylation sites is 1. The van der Waals surface area contributed by atoms with E-state index in [-0.39, 0.29) is 0 Å². The number of nitrogens with two attached hydrogens (primary N) is 1. The molecule has 0 radical (unpaired) electrons. The van der Waals surface area contributed by atoms with Crippen molar-refractivity contribution in [3.63, 3.8) is 0 Å². The summed E-state index contributed by atoms with van der Waals surface area (Å²) in [4.78, 5) is 0. The van der Waals surface area contributed by atoms with Crippen molar-refractivity contribution in [2.45, 2.75) is 6.92 Å². The molecular formula is C13H12BrClN2. The number of anilines is 3. The van der Waals surface area contributed by atoms with Gasteiger partial charge in [0.05, 0.1) is 16.4 Å². The fourth-order valence-electron chi connectivity index (χ4n) is 1.58. The Balaban J connectivity index is 2.35. The second-order valence-corrected chi connectivity index (χ2v) is 5.05. The molecule has 0 saturated carbocycles. The number of halogens is 2. The zero-order valence-corrected chi connectivity index (χ0v) is 11.6. The van der Waals surface area contributed by atoms with Crippen LogP contribution in [0, 0.1) is 6.92 Å². The first kappa shape index (κ1) is 12.3. The molecule has 2 aromatic carbocycles. The highest BCUT2D eigenvalue weighted by molar-refractivity contribution is 9.10. The summed E-state index contributed by atoms with van der Waals surface area (Å²) in [7, 11) is 0. The zero-order chi connectivity index (χ0) is 12.4. The number of rotatable bonds is 2. The fraction of sp³-hybridized carbons (Fsp3) is 0.0769. The van der Waals surface area contributed by atoms with Crippen LogP contribution in [0.15, 0.2) is 40.9 Å². The van der Waals surface area contributed by atoms with Crippen LogP contribution in [0.4, 0.5) is 17.1 Å². The molecule has 0 spiro atoms. The van der Waals surface area contributed by atoms with E-state index in [9.17, 15) is 0 Å². The van der Waals surface area contributed by atoms with E-state index in [1.165, 1.54) is 0 Å². The largest absolute Gasteiger partial charge is 0.397 e. The minimum Gasteiger partial charge on any atom is -0.397 e. The first-order chi connectivity index (χ1) is 8.08. The molecule has 0 heterocycles. The van der Waals surface area contributed by atoms with Gasteiger partial charge in [-0.3, -0.25) is 0 Å². The van der Waals surface area contributed by atoms with Gasteiger partial charge in [-0.2, -0.15) is 0 Å². The molecule has 0 saturated heterocycles. The van der Waals surface area contributed by atoms with Crippen molar-refractivity contribution >= 4 is 44.6 Å². The lowest BCUT2D eigenvalue weighted by atomic mass is 10.1. The summed E-state index contributed by atoms with van der Waals surface area (Å²) in [5.74, 6) is 0. The Morgan fingerprint density at radius 3 is 2.65 bits per heavy atom. The van der Waals surface area contributed by atoms with Gasteiger partial charge in [0, 0.05) is 10.2 Å². The third kappa shape index (κ3) is 2.73. The molecule has 0 amide bonds. The van der Waals surface area contributed by atoms with Crippen molar-refractivity contribution in [3.05, 3.63) is 51.5 Å². The molecule has 2 nitrogen and oxygen atoms in total. The summed E-state index contributed by atoms with van der Waals surface area (Å²) in [5.41, 5.74) is 9.66. The molecule has 4 heteroatoms. The number of hydrogen-bond acceptors (Lipinski definition) is 2. The SMILES string of the molecule is Cc1cccc(N)c1Nc1ccc(Cl)c(Br)c1. The summed E-state index contributed by atoms with van der Waals surface area (Å²) in [6.07, 6.45) is 0. The lowest BCUT2D eigenvalue weighted by molar-refractivity contribution is 1.43. The number of benzene rings is 2. The third-order valence-electron chi connectivity index (χ3n) is 2.49. The summed E-state index contributed by atoms with van der Waals surface area (Å²) < 4.78 is 0.858. The Kier molecular flexibility index (Phi) is 3.60. The first-order valence-corrected chi connectivity index (χ1v) is 6.32. The van der Waals surface area contributed by atoms with Gasteiger partial charge in [0.25, 0.3) is 0 Å². The van der Waals surface area contributed by atoms with Gasteiger partial charge in [-0.1, -0.05) is 23.7 Å². The molecule has 0 bridgehead atoms. The van der Waals surface area contributed by atoms with Crippen LogP contribution in [0.25, 0.3) is 0 Å². The van der Waals surface area contributed by atoms with Crippen LogP contribution in [-0.2, 0) is 0 Å². The number of hydrogen-bond donors (Lipinski definition) is 2. The Bertz CT molecular complexity index is 535. The van der Waals surface area contributed by atoms with Crippen molar-refractivity contribution in [2.75, 3.05) is 11.1 Å². The molecule has 0 unspecified atom stereocenters. The van der Waals surface area contributed by atoms with E-state index in [2.05, 4.69) is 21.2 Å². The third-order valence-corrected chi connectivity index (χ3v) is 3.71. The monoisotopic (exact) mass is 310 g/mol. The molecule has 0 aliphatic rings.